The van der Waals surface area contributed by atoms with Crippen LogP contribution in [0.15, 0.2) is 15.9 Å². The molecule has 1 heterocycles. The third kappa shape index (κ3) is 2.22. The van der Waals surface area contributed by atoms with Gasteiger partial charge in [0, 0.05) is 0 Å². The number of carboxylic acid groups (broad SMARTS) is 1. The molecule has 0 saturated heterocycles. The average Bonchev–Trinajstić information content (AvgIpc) is 2.36. The number of carboxylic acids is 1. The summed E-state index contributed by atoms with van der Waals surface area (Å²) in [5.41, 5.74) is 0. The smallest absolute Gasteiger partial charge is 0.325 e. The van der Waals surface area contributed by atoms with Crippen LogP contribution in [0.4, 0.5) is 5.00 Å². The second kappa shape index (κ2) is 3.91. The number of thiophene rings is 1. The van der Waals surface area contributed by atoms with Crippen LogP contribution in [0.2, 0.25) is 0 Å². The summed E-state index contributed by atoms with van der Waals surface area (Å²) in [5.74, 6) is -0.852. The Balaban J connectivity index is 2.64. The Morgan fingerprint density at radius 2 is 2.50 bits per heavy atom. The van der Waals surface area contributed by atoms with Crippen LogP contribution in [0.1, 0.15) is 6.92 Å². The van der Waals surface area contributed by atoms with Crippen molar-refractivity contribution in [1.82, 2.24) is 0 Å². The molecule has 0 aliphatic heterocycles. The van der Waals surface area contributed by atoms with Crippen LogP contribution in [-0.2, 0) is 4.79 Å². The fourth-order valence-corrected chi connectivity index (χ4v) is 2.12. The Labute approximate surface area is 82.5 Å². The molecule has 0 aliphatic carbocycles. The van der Waals surface area contributed by atoms with Gasteiger partial charge < -0.3 is 10.4 Å². The molecule has 1 rings (SSSR count). The van der Waals surface area contributed by atoms with E-state index in [4.69, 9.17) is 5.11 Å². The van der Waals surface area contributed by atoms with Gasteiger partial charge >= 0.3 is 5.97 Å². The summed E-state index contributed by atoms with van der Waals surface area (Å²) in [4.78, 5) is 10.5. The normalized spacial score (nSPS) is 12.5. The summed E-state index contributed by atoms with van der Waals surface area (Å²) in [6.45, 7) is 1.61. The van der Waals surface area contributed by atoms with Crippen molar-refractivity contribution in [3.05, 3.63) is 15.9 Å². The Morgan fingerprint density at radius 3 is 2.92 bits per heavy atom. The SMILES string of the molecule is C[C@H](Nc1sccc1Br)C(=O)O. The predicted molar refractivity (Wildman–Crippen MR) is 52.7 cm³/mol. The van der Waals surface area contributed by atoms with Gasteiger partial charge in [0.15, 0.2) is 0 Å². The zero-order valence-electron chi connectivity index (χ0n) is 6.37. The van der Waals surface area contributed by atoms with Gasteiger partial charge in [-0.2, -0.15) is 0 Å². The molecule has 0 bridgehead atoms. The van der Waals surface area contributed by atoms with Crippen molar-refractivity contribution in [1.29, 1.82) is 0 Å². The van der Waals surface area contributed by atoms with Gasteiger partial charge in [-0.05, 0) is 34.3 Å². The summed E-state index contributed by atoms with van der Waals surface area (Å²) in [6.07, 6.45) is 0. The molecule has 0 amide bonds. The molecule has 1 aromatic heterocycles. The summed E-state index contributed by atoms with van der Waals surface area (Å²) in [6, 6.07) is 1.32. The fraction of sp³-hybridized carbons (Fsp3) is 0.286. The van der Waals surface area contributed by atoms with Crippen molar-refractivity contribution < 1.29 is 9.90 Å². The summed E-state index contributed by atoms with van der Waals surface area (Å²) in [7, 11) is 0. The quantitative estimate of drug-likeness (QED) is 0.865. The van der Waals surface area contributed by atoms with Gasteiger partial charge in [0.1, 0.15) is 11.0 Å². The number of aliphatic carboxylic acids is 1. The molecular weight excluding hydrogens is 242 g/mol. The van der Waals surface area contributed by atoms with Crippen LogP contribution in [0.25, 0.3) is 0 Å². The lowest BCUT2D eigenvalue weighted by Crippen LogP contribution is -2.24. The molecule has 1 aromatic rings. The van der Waals surface area contributed by atoms with Crippen molar-refractivity contribution >= 4 is 38.2 Å². The van der Waals surface area contributed by atoms with E-state index in [1.54, 1.807) is 6.92 Å². The number of hydrogen-bond acceptors (Lipinski definition) is 3. The van der Waals surface area contributed by atoms with Gasteiger partial charge in [0.05, 0.1) is 4.47 Å². The number of hydrogen-bond donors (Lipinski definition) is 2. The van der Waals surface area contributed by atoms with Crippen LogP contribution in [0.5, 0.6) is 0 Å². The van der Waals surface area contributed by atoms with Crippen molar-refractivity contribution in [2.75, 3.05) is 5.32 Å². The van der Waals surface area contributed by atoms with Crippen molar-refractivity contribution in [3.8, 4) is 0 Å². The minimum Gasteiger partial charge on any atom is -0.480 e. The van der Waals surface area contributed by atoms with E-state index in [0.717, 1.165) is 9.47 Å². The molecule has 5 heteroatoms. The minimum atomic E-state index is -0.852. The average molecular weight is 250 g/mol. The minimum absolute atomic E-state index is 0.556. The number of halogens is 1. The first kappa shape index (κ1) is 9.54. The van der Waals surface area contributed by atoms with Crippen molar-refractivity contribution in [2.24, 2.45) is 0 Å². The highest BCUT2D eigenvalue weighted by molar-refractivity contribution is 9.10. The van der Waals surface area contributed by atoms with Gasteiger partial charge in [-0.3, -0.25) is 4.79 Å². The molecule has 0 aliphatic rings. The van der Waals surface area contributed by atoms with E-state index >= 15 is 0 Å². The highest BCUT2D eigenvalue weighted by atomic mass is 79.9. The molecule has 66 valence electrons. The van der Waals surface area contributed by atoms with Crippen LogP contribution in [0.3, 0.4) is 0 Å². The second-order valence-corrected chi connectivity index (χ2v) is 4.07. The topological polar surface area (TPSA) is 49.3 Å². The van der Waals surface area contributed by atoms with Crippen LogP contribution < -0.4 is 5.32 Å². The Morgan fingerprint density at radius 1 is 1.83 bits per heavy atom. The molecule has 0 aromatic carbocycles. The monoisotopic (exact) mass is 249 g/mol. The maximum absolute atomic E-state index is 10.5. The Kier molecular flexibility index (Phi) is 3.11. The molecule has 0 saturated carbocycles. The molecule has 12 heavy (non-hydrogen) atoms. The van der Waals surface area contributed by atoms with E-state index in [-0.39, 0.29) is 0 Å². The molecule has 3 nitrogen and oxygen atoms in total. The van der Waals surface area contributed by atoms with Crippen molar-refractivity contribution in [2.45, 2.75) is 13.0 Å². The van der Waals surface area contributed by atoms with E-state index in [9.17, 15) is 4.79 Å². The first-order valence-electron chi connectivity index (χ1n) is 3.33. The lowest BCUT2D eigenvalue weighted by Gasteiger charge is -2.08. The molecule has 0 unspecified atom stereocenters. The largest absolute Gasteiger partial charge is 0.480 e. The van der Waals surface area contributed by atoms with Crippen LogP contribution in [-0.4, -0.2) is 17.1 Å². The van der Waals surface area contributed by atoms with E-state index in [2.05, 4.69) is 21.2 Å². The molecule has 2 N–H and O–H groups in total. The Bertz CT molecular complexity index is 287. The number of carbonyl (C=O) groups is 1. The standard InChI is InChI=1S/C7H8BrNO2S/c1-4(7(10)11)9-6-5(8)2-3-12-6/h2-4,9H,1H3,(H,10,11)/t4-/m0/s1. The van der Waals surface area contributed by atoms with E-state index < -0.39 is 12.0 Å². The summed E-state index contributed by atoms with van der Waals surface area (Å²) < 4.78 is 0.903. The zero-order valence-corrected chi connectivity index (χ0v) is 8.78. The van der Waals surface area contributed by atoms with Crippen molar-refractivity contribution in [3.63, 3.8) is 0 Å². The van der Waals surface area contributed by atoms with Gasteiger partial charge in [-0.25, -0.2) is 0 Å². The molecule has 1 atom stereocenters. The third-order valence-electron chi connectivity index (χ3n) is 1.34. The maximum atomic E-state index is 10.5. The van der Waals surface area contributed by atoms with Gasteiger partial charge in [0.25, 0.3) is 0 Å². The maximum Gasteiger partial charge on any atom is 0.325 e. The van der Waals surface area contributed by atoms with E-state index in [0.29, 0.717) is 0 Å². The molecule has 0 spiro atoms. The Hall–Kier alpha value is -0.550. The summed E-state index contributed by atoms with van der Waals surface area (Å²) >= 11 is 4.77. The van der Waals surface area contributed by atoms with E-state index in [1.165, 1.54) is 11.3 Å². The molecule has 0 radical (unpaired) electrons. The number of anilines is 1. The lowest BCUT2D eigenvalue weighted by molar-refractivity contribution is -0.137. The van der Waals surface area contributed by atoms with Crippen LogP contribution in [0, 0.1) is 0 Å². The zero-order chi connectivity index (χ0) is 9.14. The highest BCUT2D eigenvalue weighted by Gasteiger charge is 2.11. The van der Waals surface area contributed by atoms with Gasteiger partial charge in [-0.1, -0.05) is 0 Å². The lowest BCUT2D eigenvalue weighted by atomic mass is 10.3. The first-order chi connectivity index (χ1) is 5.61. The van der Waals surface area contributed by atoms with Gasteiger partial charge in [-0.15, -0.1) is 11.3 Å². The third-order valence-corrected chi connectivity index (χ3v) is 3.10. The first-order valence-corrected chi connectivity index (χ1v) is 5.01. The fourth-order valence-electron chi connectivity index (χ4n) is 0.655. The van der Waals surface area contributed by atoms with Crippen LogP contribution >= 0.6 is 27.3 Å². The number of rotatable bonds is 3. The molecular formula is C7H8BrNO2S. The highest BCUT2D eigenvalue weighted by Crippen LogP contribution is 2.28. The predicted octanol–water partition coefficient (Wildman–Crippen LogP) is 2.40. The second-order valence-electron chi connectivity index (χ2n) is 2.30. The molecule has 0 fully saturated rings. The number of nitrogens with one attached hydrogen (secondary N) is 1. The summed E-state index contributed by atoms with van der Waals surface area (Å²) in [5, 5.41) is 14.2. The van der Waals surface area contributed by atoms with Gasteiger partial charge in [0.2, 0.25) is 0 Å². The van der Waals surface area contributed by atoms with E-state index in [1.807, 2.05) is 11.4 Å².